The molecule has 11 heteroatoms. The standard InChI is InChI=1S/C15H22N8S3/c1-6-16-11-20-12(17-7-2)22-14(21-11)25-10-8-9(3)18-13(19-10)26-15(24)23(4)5/h8H,6-7H2,1-5H3,(H2,16,17,20,21,22). The van der Waals surface area contributed by atoms with Crippen LogP contribution < -0.4 is 10.6 Å². The molecule has 0 unspecified atom stereocenters. The number of rotatable bonds is 7. The molecule has 2 rings (SSSR count). The zero-order valence-electron chi connectivity index (χ0n) is 15.4. The molecule has 2 aromatic heterocycles. The second-order valence-electron chi connectivity index (χ2n) is 5.32. The predicted octanol–water partition coefficient (Wildman–Crippen LogP) is 2.92. The quantitative estimate of drug-likeness (QED) is 0.305. The molecule has 0 radical (unpaired) electrons. The summed E-state index contributed by atoms with van der Waals surface area (Å²) in [6.07, 6.45) is 0. The van der Waals surface area contributed by atoms with Gasteiger partial charge in [-0.15, -0.1) is 0 Å². The third-order valence-corrected chi connectivity index (χ3v) is 5.14. The maximum Gasteiger partial charge on any atom is 0.228 e. The number of thiocarbonyl (C=S) groups is 1. The number of thioether (sulfide) groups is 1. The van der Waals surface area contributed by atoms with Crippen LogP contribution in [0.4, 0.5) is 11.9 Å². The Morgan fingerprint density at radius 2 is 1.62 bits per heavy atom. The lowest BCUT2D eigenvalue weighted by Gasteiger charge is -2.12. The van der Waals surface area contributed by atoms with E-state index in [4.69, 9.17) is 12.2 Å². The van der Waals surface area contributed by atoms with Crippen molar-refractivity contribution in [2.24, 2.45) is 0 Å². The van der Waals surface area contributed by atoms with Crippen LogP contribution in [0.5, 0.6) is 0 Å². The maximum absolute atomic E-state index is 5.32. The van der Waals surface area contributed by atoms with E-state index in [2.05, 4.69) is 35.6 Å². The molecular weight excluding hydrogens is 388 g/mol. The van der Waals surface area contributed by atoms with E-state index in [1.165, 1.54) is 23.5 Å². The minimum Gasteiger partial charge on any atom is -0.363 e. The van der Waals surface area contributed by atoms with Crippen LogP contribution >= 0.6 is 35.7 Å². The summed E-state index contributed by atoms with van der Waals surface area (Å²) in [4.78, 5) is 24.1. The molecule has 26 heavy (non-hydrogen) atoms. The topological polar surface area (TPSA) is 91.8 Å². The summed E-state index contributed by atoms with van der Waals surface area (Å²) in [7, 11) is 3.80. The average Bonchev–Trinajstić information content (AvgIpc) is 2.54. The molecule has 0 aliphatic rings. The molecule has 140 valence electrons. The fourth-order valence-electron chi connectivity index (χ4n) is 1.75. The van der Waals surface area contributed by atoms with Gasteiger partial charge in [0.15, 0.2) is 5.16 Å². The molecule has 0 bridgehead atoms. The first-order valence-corrected chi connectivity index (χ1v) is 10.1. The normalized spacial score (nSPS) is 10.5. The Morgan fingerprint density at radius 3 is 2.15 bits per heavy atom. The predicted molar refractivity (Wildman–Crippen MR) is 111 cm³/mol. The summed E-state index contributed by atoms with van der Waals surface area (Å²) < 4.78 is 0.704. The van der Waals surface area contributed by atoms with E-state index >= 15 is 0 Å². The third-order valence-electron chi connectivity index (χ3n) is 2.83. The molecular formula is C15H22N8S3. The molecule has 0 saturated heterocycles. The Kier molecular flexibility index (Phi) is 7.79. The summed E-state index contributed by atoms with van der Waals surface area (Å²) in [5.74, 6) is 1.07. The number of nitrogens with one attached hydrogen (secondary N) is 2. The molecule has 0 aliphatic carbocycles. The van der Waals surface area contributed by atoms with Crippen molar-refractivity contribution >= 4 is 52.0 Å². The number of hydrogen-bond donors (Lipinski definition) is 2. The van der Waals surface area contributed by atoms with Gasteiger partial charge in [-0.05, 0) is 50.4 Å². The lowest BCUT2D eigenvalue weighted by atomic mass is 10.5. The van der Waals surface area contributed by atoms with Gasteiger partial charge in [-0.25, -0.2) is 9.97 Å². The number of nitrogens with zero attached hydrogens (tertiary/aromatic N) is 6. The first-order valence-electron chi connectivity index (χ1n) is 8.07. The number of aromatic nitrogens is 5. The third kappa shape index (κ3) is 6.22. The monoisotopic (exact) mass is 410 g/mol. The molecule has 0 aliphatic heterocycles. The van der Waals surface area contributed by atoms with E-state index in [0.29, 0.717) is 26.5 Å². The van der Waals surface area contributed by atoms with Crippen LogP contribution in [0.15, 0.2) is 21.4 Å². The van der Waals surface area contributed by atoms with Crippen LogP contribution in [0.2, 0.25) is 0 Å². The first-order chi connectivity index (χ1) is 12.4. The summed E-state index contributed by atoms with van der Waals surface area (Å²) >= 11 is 8.05. The fraction of sp³-hybridized carbons (Fsp3) is 0.467. The van der Waals surface area contributed by atoms with E-state index in [1.807, 2.05) is 45.8 Å². The molecule has 0 fully saturated rings. The molecule has 0 spiro atoms. The van der Waals surface area contributed by atoms with Gasteiger partial charge in [-0.3, -0.25) is 0 Å². The highest BCUT2D eigenvalue weighted by molar-refractivity contribution is 8.22. The number of aryl methyl sites for hydroxylation is 1. The molecule has 0 amide bonds. The van der Waals surface area contributed by atoms with E-state index in [0.717, 1.165) is 23.8 Å². The van der Waals surface area contributed by atoms with E-state index in [1.54, 1.807) is 0 Å². The van der Waals surface area contributed by atoms with Gasteiger partial charge >= 0.3 is 0 Å². The summed E-state index contributed by atoms with van der Waals surface area (Å²) in [6, 6.07) is 1.90. The first kappa shape index (κ1) is 20.6. The Bertz CT molecular complexity index is 744. The van der Waals surface area contributed by atoms with Gasteiger partial charge in [0.1, 0.15) is 9.35 Å². The molecule has 0 saturated carbocycles. The fourth-order valence-corrected chi connectivity index (χ4v) is 3.52. The van der Waals surface area contributed by atoms with E-state index in [-0.39, 0.29) is 0 Å². The van der Waals surface area contributed by atoms with Gasteiger partial charge in [0.2, 0.25) is 17.1 Å². The molecule has 8 nitrogen and oxygen atoms in total. The van der Waals surface area contributed by atoms with Gasteiger partial charge in [0.25, 0.3) is 0 Å². The minimum absolute atomic E-state index is 0.537. The van der Waals surface area contributed by atoms with Crippen LogP contribution in [-0.2, 0) is 0 Å². The van der Waals surface area contributed by atoms with Crippen molar-refractivity contribution in [3.05, 3.63) is 11.8 Å². The zero-order valence-corrected chi connectivity index (χ0v) is 17.8. The van der Waals surface area contributed by atoms with Crippen LogP contribution in [-0.4, -0.2) is 61.3 Å². The van der Waals surface area contributed by atoms with Crippen LogP contribution in [0.25, 0.3) is 0 Å². The highest BCUT2D eigenvalue weighted by Gasteiger charge is 2.12. The van der Waals surface area contributed by atoms with Gasteiger partial charge in [0.05, 0.1) is 0 Å². The molecule has 2 heterocycles. The van der Waals surface area contributed by atoms with Gasteiger partial charge in [-0.2, -0.15) is 15.0 Å². The Labute approximate surface area is 167 Å². The number of anilines is 2. The highest BCUT2D eigenvalue weighted by atomic mass is 32.2. The zero-order chi connectivity index (χ0) is 19.1. The Balaban J connectivity index is 2.26. The number of hydrogen-bond acceptors (Lipinski definition) is 10. The van der Waals surface area contributed by atoms with Crippen molar-refractivity contribution in [3.63, 3.8) is 0 Å². The van der Waals surface area contributed by atoms with Crippen molar-refractivity contribution in [3.8, 4) is 0 Å². The largest absolute Gasteiger partial charge is 0.363 e. The van der Waals surface area contributed by atoms with Gasteiger partial charge in [-0.1, -0.05) is 12.2 Å². The molecule has 0 atom stereocenters. The van der Waals surface area contributed by atoms with E-state index in [9.17, 15) is 0 Å². The second-order valence-corrected chi connectivity index (χ2v) is 7.91. The summed E-state index contributed by atoms with van der Waals surface area (Å²) in [5, 5.41) is 8.18. The lowest BCUT2D eigenvalue weighted by molar-refractivity contribution is 0.647. The average molecular weight is 411 g/mol. The second kappa shape index (κ2) is 9.83. The summed E-state index contributed by atoms with van der Waals surface area (Å²) in [5.41, 5.74) is 0.861. The molecule has 2 aromatic rings. The maximum atomic E-state index is 5.32. The Morgan fingerprint density at radius 1 is 1.00 bits per heavy atom. The smallest absolute Gasteiger partial charge is 0.228 e. The summed E-state index contributed by atoms with van der Waals surface area (Å²) in [6.45, 7) is 7.38. The SMILES string of the molecule is CCNc1nc(NCC)nc(Sc2cc(C)nc(SC(=S)N(C)C)n2)n1. The lowest BCUT2D eigenvalue weighted by Crippen LogP contribution is -2.16. The van der Waals surface area contributed by atoms with Crippen molar-refractivity contribution in [1.82, 2.24) is 29.8 Å². The van der Waals surface area contributed by atoms with Crippen molar-refractivity contribution in [2.75, 3.05) is 37.8 Å². The minimum atomic E-state index is 0.537. The van der Waals surface area contributed by atoms with E-state index < -0.39 is 0 Å². The molecule has 2 N–H and O–H groups in total. The Hall–Kier alpha value is -1.72. The molecule has 0 aromatic carbocycles. The van der Waals surface area contributed by atoms with Crippen LogP contribution in [0, 0.1) is 6.92 Å². The van der Waals surface area contributed by atoms with Gasteiger partial charge < -0.3 is 15.5 Å². The van der Waals surface area contributed by atoms with Crippen molar-refractivity contribution in [1.29, 1.82) is 0 Å². The van der Waals surface area contributed by atoms with Crippen molar-refractivity contribution in [2.45, 2.75) is 36.1 Å². The highest BCUT2D eigenvalue weighted by Crippen LogP contribution is 2.27. The van der Waals surface area contributed by atoms with Crippen LogP contribution in [0.1, 0.15) is 19.5 Å². The van der Waals surface area contributed by atoms with Crippen LogP contribution in [0.3, 0.4) is 0 Å². The van der Waals surface area contributed by atoms with Gasteiger partial charge in [0, 0.05) is 32.9 Å². The van der Waals surface area contributed by atoms with Crippen molar-refractivity contribution < 1.29 is 0 Å².